The molecule has 0 aliphatic heterocycles. The van der Waals surface area contributed by atoms with Gasteiger partial charge in [0.2, 0.25) is 5.82 Å². The van der Waals surface area contributed by atoms with Gasteiger partial charge in [0.05, 0.1) is 0 Å². The van der Waals surface area contributed by atoms with E-state index in [1.807, 2.05) is 30.3 Å². The SMILES string of the molecule is O=C(NCc1ccccc1)Nc1n[nH]c(C(=O)O)n1. The molecule has 1 aromatic heterocycles. The number of aromatic amines is 1. The van der Waals surface area contributed by atoms with Crippen molar-refractivity contribution in [3.8, 4) is 0 Å². The van der Waals surface area contributed by atoms with E-state index in [2.05, 4.69) is 25.8 Å². The normalized spacial score (nSPS) is 9.89. The zero-order chi connectivity index (χ0) is 13.7. The molecule has 0 saturated carbocycles. The smallest absolute Gasteiger partial charge is 0.373 e. The van der Waals surface area contributed by atoms with Crippen LogP contribution in [0.25, 0.3) is 0 Å². The second kappa shape index (κ2) is 5.63. The summed E-state index contributed by atoms with van der Waals surface area (Å²) in [4.78, 5) is 25.6. The fourth-order valence-corrected chi connectivity index (χ4v) is 1.34. The van der Waals surface area contributed by atoms with Crippen molar-refractivity contribution in [2.75, 3.05) is 5.32 Å². The van der Waals surface area contributed by atoms with Crippen LogP contribution in [-0.2, 0) is 6.54 Å². The van der Waals surface area contributed by atoms with Crippen LogP contribution >= 0.6 is 0 Å². The molecule has 2 aromatic rings. The first kappa shape index (κ1) is 12.6. The van der Waals surface area contributed by atoms with Gasteiger partial charge in [-0.25, -0.2) is 9.59 Å². The molecule has 2 amide bonds. The molecule has 4 N–H and O–H groups in total. The van der Waals surface area contributed by atoms with Crippen LogP contribution in [0.2, 0.25) is 0 Å². The highest BCUT2D eigenvalue weighted by atomic mass is 16.4. The Morgan fingerprint density at radius 2 is 2.00 bits per heavy atom. The summed E-state index contributed by atoms with van der Waals surface area (Å²) in [6.07, 6.45) is 0. The fourth-order valence-electron chi connectivity index (χ4n) is 1.34. The highest BCUT2D eigenvalue weighted by Gasteiger charge is 2.11. The zero-order valence-electron chi connectivity index (χ0n) is 9.75. The van der Waals surface area contributed by atoms with E-state index in [9.17, 15) is 9.59 Å². The average molecular weight is 261 g/mol. The van der Waals surface area contributed by atoms with Crippen molar-refractivity contribution in [2.45, 2.75) is 6.54 Å². The summed E-state index contributed by atoms with van der Waals surface area (Å²) in [5.41, 5.74) is 0.943. The van der Waals surface area contributed by atoms with Crippen molar-refractivity contribution in [3.63, 3.8) is 0 Å². The zero-order valence-corrected chi connectivity index (χ0v) is 9.75. The van der Waals surface area contributed by atoms with Crippen molar-refractivity contribution < 1.29 is 14.7 Å². The van der Waals surface area contributed by atoms with E-state index in [0.29, 0.717) is 6.54 Å². The molecule has 98 valence electrons. The van der Waals surface area contributed by atoms with Crippen LogP contribution in [0.15, 0.2) is 30.3 Å². The van der Waals surface area contributed by atoms with Crippen molar-refractivity contribution in [1.82, 2.24) is 20.5 Å². The number of carbonyl (C=O) groups excluding carboxylic acids is 1. The third-order valence-electron chi connectivity index (χ3n) is 2.21. The Hall–Kier alpha value is -2.90. The van der Waals surface area contributed by atoms with Gasteiger partial charge in [0.15, 0.2) is 0 Å². The van der Waals surface area contributed by atoms with E-state index in [0.717, 1.165) is 5.56 Å². The molecule has 2 rings (SSSR count). The standard InChI is InChI=1S/C11H11N5O3/c17-9(18)8-13-10(16-15-8)14-11(19)12-6-7-4-2-1-3-5-7/h1-5H,6H2,(H,17,18)(H3,12,13,14,15,16,19). The summed E-state index contributed by atoms with van der Waals surface area (Å²) in [7, 11) is 0. The fraction of sp³-hybridized carbons (Fsp3) is 0.0909. The minimum atomic E-state index is -1.25. The Morgan fingerprint density at radius 1 is 1.26 bits per heavy atom. The molecule has 8 heteroatoms. The monoisotopic (exact) mass is 261 g/mol. The number of amides is 2. The number of hydrogen-bond acceptors (Lipinski definition) is 4. The van der Waals surface area contributed by atoms with Gasteiger partial charge in [-0.15, -0.1) is 5.10 Å². The number of carbonyl (C=O) groups is 2. The first-order chi connectivity index (χ1) is 9.15. The Balaban J connectivity index is 1.85. The Kier molecular flexibility index (Phi) is 3.72. The number of hydrogen-bond donors (Lipinski definition) is 4. The number of anilines is 1. The molecule has 0 fully saturated rings. The number of nitrogens with zero attached hydrogens (tertiary/aromatic N) is 2. The summed E-state index contributed by atoms with van der Waals surface area (Å²) < 4.78 is 0. The predicted octanol–water partition coefficient (Wildman–Crippen LogP) is 0.825. The first-order valence-electron chi connectivity index (χ1n) is 5.39. The number of rotatable bonds is 4. The number of H-pyrrole nitrogens is 1. The van der Waals surface area contributed by atoms with Crippen LogP contribution < -0.4 is 10.6 Å². The van der Waals surface area contributed by atoms with Gasteiger partial charge in [0.25, 0.3) is 5.95 Å². The Bertz CT molecular complexity index is 581. The van der Waals surface area contributed by atoms with E-state index in [1.54, 1.807) is 0 Å². The summed E-state index contributed by atoms with van der Waals surface area (Å²) >= 11 is 0. The van der Waals surface area contributed by atoms with Crippen molar-refractivity contribution >= 4 is 17.9 Å². The van der Waals surface area contributed by atoms with E-state index in [4.69, 9.17) is 5.11 Å². The van der Waals surface area contributed by atoms with Crippen LogP contribution in [0.1, 0.15) is 16.2 Å². The molecular formula is C11H11N5O3. The molecule has 0 aliphatic rings. The van der Waals surface area contributed by atoms with Gasteiger partial charge in [-0.2, -0.15) is 4.98 Å². The van der Waals surface area contributed by atoms with Gasteiger partial charge in [-0.3, -0.25) is 10.4 Å². The van der Waals surface area contributed by atoms with Crippen molar-refractivity contribution in [3.05, 3.63) is 41.7 Å². The largest absolute Gasteiger partial charge is 0.475 e. The first-order valence-corrected chi connectivity index (χ1v) is 5.39. The maximum absolute atomic E-state index is 11.5. The van der Waals surface area contributed by atoms with Crippen LogP contribution in [0.5, 0.6) is 0 Å². The number of carboxylic acids is 1. The van der Waals surface area contributed by atoms with Gasteiger partial charge in [0, 0.05) is 6.54 Å². The molecule has 0 atom stereocenters. The second-order valence-corrected chi connectivity index (χ2v) is 3.61. The third kappa shape index (κ3) is 3.53. The van der Waals surface area contributed by atoms with E-state index >= 15 is 0 Å². The van der Waals surface area contributed by atoms with Gasteiger partial charge in [-0.05, 0) is 5.56 Å². The number of nitrogens with one attached hydrogen (secondary N) is 3. The molecule has 0 bridgehead atoms. The lowest BCUT2D eigenvalue weighted by Gasteiger charge is -2.04. The van der Waals surface area contributed by atoms with E-state index in [1.165, 1.54) is 0 Å². The van der Waals surface area contributed by atoms with Crippen molar-refractivity contribution in [1.29, 1.82) is 0 Å². The molecule has 0 unspecified atom stereocenters. The second-order valence-electron chi connectivity index (χ2n) is 3.61. The minimum absolute atomic E-state index is 0.0945. The number of aromatic carboxylic acids is 1. The maximum Gasteiger partial charge on any atom is 0.373 e. The van der Waals surface area contributed by atoms with Crippen LogP contribution in [0.3, 0.4) is 0 Å². The van der Waals surface area contributed by atoms with Gasteiger partial charge >= 0.3 is 12.0 Å². The molecule has 0 spiro atoms. The third-order valence-corrected chi connectivity index (χ3v) is 2.21. The average Bonchev–Trinajstić information content (AvgIpc) is 2.86. The minimum Gasteiger partial charge on any atom is -0.475 e. The summed E-state index contributed by atoms with van der Waals surface area (Å²) in [5.74, 6) is -1.67. The van der Waals surface area contributed by atoms with E-state index < -0.39 is 12.0 Å². The topological polar surface area (TPSA) is 120 Å². The summed E-state index contributed by atoms with van der Waals surface area (Å²) in [6, 6.07) is 8.84. The maximum atomic E-state index is 11.5. The lowest BCUT2D eigenvalue weighted by Crippen LogP contribution is -2.28. The highest BCUT2D eigenvalue weighted by molar-refractivity contribution is 5.88. The van der Waals surface area contributed by atoms with E-state index in [-0.39, 0.29) is 11.8 Å². The van der Waals surface area contributed by atoms with Crippen LogP contribution in [0, 0.1) is 0 Å². The molecule has 1 aromatic carbocycles. The molecule has 1 heterocycles. The van der Waals surface area contributed by atoms with Crippen LogP contribution in [0.4, 0.5) is 10.7 Å². The molecule has 19 heavy (non-hydrogen) atoms. The number of aromatic nitrogens is 3. The van der Waals surface area contributed by atoms with Crippen molar-refractivity contribution in [2.24, 2.45) is 0 Å². The Labute approximate surface area is 107 Å². The molecule has 8 nitrogen and oxygen atoms in total. The molecular weight excluding hydrogens is 250 g/mol. The summed E-state index contributed by atoms with van der Waals surface area (Å²) in [6.45, 7) is 0.350. The molecule has 0 saturated heterocycles. The highest BCUT2D eigenvalue weighted by Crippen LogP contribution is 2.00. The lowest BCUT2D eigenvalue weighted by atomic mass is 10.2. The van der Waals surface area contributed by atoms with Gasteiger partial charge in [0.1, 0.15) is 0 Å². The molecule has 0 radical (unpaired) electrons. The lowest BCUT2D eigenvalue weighted by molar-refractivity contribution is 0.0684. The quantitative estimate of drug-likeness (QED) is 0.649. The van der Waals surface area contributed by atoms with Gasteiger partial charge < -0.3 is 10.4 Å². The van der Waals surface area contributed by atoms with Crippen LogP contribution in [-0.4, -0.2) is 32.3 Å². The van der Waals surface area contributed by atoms with Gasteiger partial charge in [-0.1, -0.05) is 30.3 Å². The molecule has 0 aliphatic carbocycles. The Morgan fingerprint density at radius 3 is 2.63 bits per heavy atom. The number of carboxylic acid groups (broad SMARTS) is 1. The predicted molar refractivity (Wildman–Crippen MR) is 65.6 cm³/mol. The summed E-state index contributed by atoms with van der Waals surface area (Å²) in [5, 5.41) is 19.3. The number of benzene rings is 1. The number of urea groups is 1.